The number of rotatable bonds is 3. The van der Waals surface area contributed by atoms with Gasteiger partial charge in [0.2, 0.25) is 5.91 Å². The van der Waals surface area contributed by atoms with Crippen LogP contribution in [0.25, 0.3) is 0 Å². The summed E-state index contributed by atoms with van der Waals surface area (Å²) in [6.45, 7) is 3.41. The third-order valence-electron chi connectivity index (χ3n) is 5.58. The molecule has 0 fully saturated rings. The van der Waals surface area contributed by atoms with E-state index in [1.807, 2.05) is 11.5 Å². The molecule has 144 valence electrons. The van der Waals surface area contributed by atoms with Crippen LogP contribution in [0.5, 0.6) is 0 Å². The molecule has 0 saturated heterocycles. The number of benzene rings is 1. The van der Waals surface area contributed by atoms with Gasteiger partial charge >= 0.3 is 0 Å². The number of hydrogen-bond donors (Lipinski definition) is 2. The molecule has 2 aromatic rings. The Kier molecular flexibility index (Phi) is 4.43. The maximum atomic E-state index is 13.6. The first kappa shape index (κ1) is 18.0. The molecule has 7 nitrogen and oxygen atoms in total. The number of hydrogen-bond acceptors (Lipinski definition) is 5. The summed E-state index contributed by atoms with van der Waals surface area (Å²) >= 11 is 0. The standard InChI is InChI=1S/C18H21F2N5O2/c1-9-22-23-17-8-24(2-3-25(9)17)18(27)7-15(21)11-6-16(26)12-5-14(20)13(19)4-10(11)12/h4-5,11,15-16,26H,2-3,6-8,21H2,1H3. The van der Waals surface area contributed by atoms with E-state index < -0.39 is 29.7 Å². The average molecular weight is 377 g/mol. The number of nitrogens with zero attached hydrogens (tertiary/aromatic N) is 4. The van der Waals surface area contributed by atoms with Gasteiger partial charge in [-0.1, -0.05) is 0 Å². The van der Waals surface area contributed by atoms with Crippen molar-refractivity contribution in [3.05, 3.63) is 46.5 Å². The molecule has 2 heterocycles. The van der Waals surface area contributed by atoms with Crippen LogP contribution in [0.4, 0.5) is 8.78 Å². The van der Waals surface area contributed by atoms with E-state index >= 15 is 0 Å². The summed E-state index contributed by atoms with van der Waals surface area (Å²) in [7, 11) is 0. The molecule has 0 bridgehead atoms. The number of fused-ring (bicyclic) bond motifs is 2. The molecule has 3 unspecified atom stereocenters. The zero-order valence-electron chi connectivity index (χ0n) is 14.9. The normalized spacial score (nSPS) is 22.5. The summed E-state index contributed by atoms with van der Waals surface area (Å²) in [5.41, 5.74) is 7.07. The molecular weight excluding hydrogens is 356 g/mol. The van der Waals surface area contributed by atoms with Gasteiger partial charge in [-0.05, 0) is 36.6 Å². The van der Waals surface area contributed by atoms with Gasteiger partial charge in [-0.25, -0.2) is 8.78 Å². The second-order valence-electron chi connectivity index (χ2n) is 7.25. The Morgan fingerprint density at radius 1 is 1.30 bits per heavy atom. The number of carbonyl (C=O) groups is 1. The molecule has 2 aliphatic rings. The minimum atomic E-state index is -0.995. The van der Waals surface area contributed by atoms with Gasteiger partial charge in [-0.3, -0.25) is 4.79 Å². The SMILES string of the molecule is Cc1nnc2n1CCN(C(=O)CC(N)C1CC(O)c3cc(F)c(F)cc31)C2. The summed E-state index contributed by atoms with van der Waals surface area (Å²) in [6, 6.07) is 1.51. The van der Waals surface area contributed by atoms with E-state index in [-0.39, 0.29) is 18.7 Å². The van der Waals surface area contributed by atoms with Crippen molar-refractivity contribution in [2.75, 3.05) is 6.54 Å². The van der Waals surface area contributed by atoms with Crippen LogP contribution in [0, 0.1) is 18.6 Å². The molecular formula is C18H21F2N5O2. The molecule has 27 heavy (non-hydrogen) atoms. The van der Waals surface area contributed by atoms with Crippen molar-refractivity contribution in [1.29, 1.82) is 0 Å². The van der Waals surface area contributed by atoms with Crippen molar-refractivity contribution in [3.8, 4) is 0 Å². The van der Waals surface area contributed by atoms with Crippen molar-refractivity contribution in [3.63, 3.8) is 0 Å². The highest BCUT2D eigenvalue weighted by atomic mass is 19.2. The summed E-state index contributed by atoms with van der Waals surface area (Å²) in [6.07, 6.45) is -0.596. The van der Waals surface area contributed by atoms with Gasteiger partial charge in [0.1, 0.15) is 5.82 Å². The molecule has 0 spiro atoms. The summed E-state index contributed by atoms with van der Waals surface area (Å²) in [5.74, 6) is -0.938. The van der Waals surface area contributed by atoms with E-state index in [0.29, 0.717) is 30.8 Å². The quantitative estimate of drug-likeness (QED) is 0.836. The van der Waals surface area contributed by atoms with Gasteiger partial charge in [0.15, 0.2) is 17.5 Å². The highest BCUT2D eigenvalue weighted by Gasteiger charge is 2.36. The van der Waals surface area contributed by atoms with Gasteiger partial charge in [-0.15, -0.1) is 10.2 Å². The second kappa shape index (κ2) is 6.65. The van der Waals surface area contributed by atoms with Gasteiger partial charge in [-0.2, -0.15) is 0 Å². The third-order valence-corrected chi connectivity index (χ3v) is 5.58. The molecule has 9 heteroatoms. The van der Waals surface area contributed by atoms with Crippen LogP contribution in [0.1, 0.15) is 47.6 Å². The van der Waals surface area contributed by atoms with E-state index in [0.717, 1.165) is 23.8 Å². The summed E-state index contributed by atoms with van der Waals surface area (Å²) in [4.78, 5) is 14.4. The molecule has 3 N–H and O–H groups in total. The molecule has 0 saturated carbocycles. The maximum Gasteiger partial charge on any atom is 0.224 e. The largest absolute Gasteiger partial charge is 0.388 e. The first-order valence-corrected chi connectivity index (χ1v) is 8.94. The van der Waals surface area contributed by atoms with Crippen LogP contribution in [-0.4, -0.2) is 43.3 Å². The molecule has 4 rings (SSSR count). The van der Waals surface area contributed by atoms with Crippen LogP contribution < -0.4 is 5.73 Å². The number of halogens is 2. The Labute approximate surface area is 154 Å². The van der Waals surface area contributed by atoms with Gasteiger partial charge < -0.3 is 20.3 Å². The predicted molar refractivity (Wildman–Crippen MR) is 91.4 cm³/mol. The number of aromatic nitrogens is 3. The van der Waals surface area contributed by atoms with E-state index in [9.17, 15) is 18.7 Å². The van der Waals surface area contributed by atoms with E-state index in [2.05, 4.69) is 10.2 Å². The van der Waals surface area contributed by atoms with E-state index in [1.54, 1.807) is 4.90 Å². The summed E-state index contributed by atoms with van der Waals surface area (Å²) < 4.78 is 29.1. The van der Waals surface area contributed by atoms with Gasteiger partial charge in [0, 0.05) is 31.5 Å². The highest BCUT2D eigenvalue weighted by Crippen LogP contribution is 2.43. The lowest BCUT2D eigenvalue weighted by atomic mass is 9.91. The maximum absolute atomic E-state index is 13.6. The van der Waals surface area contributed by atoms with E-state index in [1.165, 1.54) is 0 Å². The number of amides is 1. The van der Waals surface area contributed by atoms with Crippen molar-refractivity contribution in [1.82, 2.24) is 19.7 Å². The monoisotopic (exact) mass is 377 g/mol. The first-order chi connectivity index (χ1) is 12.8. The molecule has 1 aromatic carbocycles. The lowest BCUT2D eigenvalue weighted by Crippen LogP contribution is -2.42. The minimum Gasteiger partial charge on any atom is -0.388 e. The van der Waals surface area contributed by atoms with Crippen molar-refractivity contribution >= 4 is 5.91 Å². The molecule has 1 amide bonds. The predicted octanol–water partition coefficient (Wildman–Crippen LogP) is 1.15. The zero-order chi connectivity index (χ0) is 19.3. The van der Waals surface area contributed by atoms with Crippen LogP contribution in [0.15, 0.2) is 12.1 Å². The number of aliphatic hydroxyl groups is 1. The van der Waals surface area contributed by atoms with Gasteiger partial charge in [0.05, 0.1) is 12.6 Å². The van der Waals surface area contributed by atoms with Crippen molar-refractivity contribution < 1.29 is 18.7 Å². The Balaban J connectivity index is 1.47. The van der Waals surface area contributed by atoms with Crippen LogP contribution in [0.3, 0.4) is 0 Å². The van der Waals surface area contributed by atoms with E-state index in [4.69, 9.17) is 5.73 Å². The van der Waals surface area contributed by atoms with Crippen molar-refractivity contribution in [2.45, 2.75) is 50.9 Å². The van der Waals surface area contributed by atoms with Crippen LogP contribution >= 0.6 is 0 Å². The fraction of sp³-hybridized carbons (Fsp3) is 0.500. The molecule has 3 atom stereocenters. The highest BCUT2D eigenvalue weighted by molar-refractivity contribution is 5.77. The number of carbonyl (C=O) groups excluding carboxylic acids is 1. The fourth-order valence-electron chi connectivity index (χ4n) is 4.08. The number of aryl methyl sites for hydroxylation is 1. The molecule has 1 aliphatic heterocycles. The Morgan fingerprint density at radius 2 is 2.00 bits per heavy atom. The Bertz CT molecular complexity index is 900. The lowest BCUT2D eigenvalue weighted by molar-refractivity contribution is -0.133. The average Bonchev–Trinajstić information content (AvgIpc) is 3.16. The Hall–Kier alpha value is -2.39. The van der Waals surface area contributed by atoms with Crippen LogP contribution in [0.2, 0.25) is 0 Å². The summed E-state index contributed by atoms with van der Waals surface area (Å²) in [5, 5.41) is 18.3. The minimum absolute atomic E-state index is 0.0585. The Morgan fingerprint density at radius 3 is 2.74 bits per heavy atom. The first-order valence-electron chi connectivity index (χ1n) is 8.94. The molecule has 1 aliphatic carbocycles. The van der Waals surface area contributed by atoms with Crippen molar-refractivity contribution in [2.24, 2.45) is 5.73 Å². The number of nitrogens with two attached hydrogens (primary N) is 1. The molecule has 1 aromatic heterocycles. The smallest absolute Gasteiger partial charge is 0.224 e. The third kappa shape index (κ3) is 3.10. The fourth-order valence-corrected chi connectivity index (χ4v) is 4.08. The van der Waals surface area contributed by atoms with Crippen LogP contribution in [-0.2, 0) is 17.9 Å². The second-order valence-corrected chi connectivity index (χ2v) is 7.25. The lowest BCUT2D eigenvalue weighted by Gasteiger charge is -2.29. The number of aliphatic hydroxyl groups excluding tert-OH is 1. The molecule has 0 radical (unpaired) electrons. The van der Waals surface area contributed by atoms with Gasteiger partial charge in [0.25, 0.3) is 0 Å². The zero-order valence-corrected chi connectivity index (χ0v) is 14.9. The topological polar surface area (TPSA) is 97.3 Å².